The molecule has 1 saturated heterocycles. The Morgan fingerprint density at radius 1 is 1.22 bits per heavy atom. The van der Waals surface area contributed by atoms with Crippen molar-refractivity contribution in [3.05, 3.63) is 22.2 Å². The van der Waals surface area contributed by atoms with Gasteiger partial charge < -0.3 is 25.4 Å². The highest BCUT2D eigenvalue weighted by atomic mass is 16.6. The Labute approximate surface area is 128 Å². The third-order valence-electron chi connectivity index (χ3n) is 3.77. The van der Waals surface area contributed by atoms with Gasteiger partial charge in [0.25, 0.3) is 0 Å². The number of hydrogen-bond donors (Lipinski definition) is 4. The summed E-state index contributed by atoms with van der Waals surface area (Å²) < 4.78 is 9.65. The second-order valence-electron chi connectivity index (χ2n) is 5.23. The molecule has 1 fully saturated rings. The molecule has 0 bridgehead atoms. The molecule has 1 aromatic heterocycles. The van der Waals surface area contributed by atoms with Crippen molar-refractivity contribution in [2.24, 2.45) is 0 Å². The van der Waals surface area contributed by atoms with Crippen LogP contribution in [-0.4, -0.2) is 61.2 Å². The number of nitro benzene ring substituents is 1. The molecule has 11 nitrogen and oxygen atoms in total. The standard InChI is InChI=1S/C12H14N4O7/c1-4-10(17)11(18)9(12(19)22-4)13-5-2-3-6(16(20)21)8-7(5)14-23-15-8/h2-4,9-13,17-19H,1H3/t4?,9?,10-,11+,12?/m1/s1. The zero-order chi connectivity index (χ0) is 16.7. The summed E-state index contributed by atoms with van der Waals surface area (Å²) in [5, 5.41) is 50.6. The molecule has 5 atom stereocenters. The molecule has 4 N–H and O–H groups in total. The second kappa shape index (κ2) is 5.70. The lowest BCUT2D eigenvalue weighted by Gasteiger charge is -2.40. The number of nitrogens with zero attached hydrogens (tertiary/aromatic N) is 3. The Morgan fingerprint density at radius 2 is 1.91 bits per heavy atom. The average Bonchev–Trinajstić information content (AvgIpc) is 2.98. The Kier molecular flexibility index (Phi) is 3.85. The predicted octanol–water partition coefficient (Wildman–Crippen LogP) is -0.630. The summed E-state index contributed by atoms with van der Waals surface area (Å²) in [7, 11) is 0. The number of aliphatic hydroxyl groups is 3. The summed E-state index contributed by atoms with van der Waals surface area (Å²) in [6.07, 6.45) is -4.67. The minimum atomic E-state index is -1.39. The Bertz CT molecular complexity index is 735. The molecular weight excluding hydrogens is 312 g/mol. The number of aliphatic hydroxyl groups excluding tert-OH is 3. The molecule has 0 aliphatic carbocycles. The largest absolute Gasteiger partial charge is 0.388 e. The highest BCUT2D eigenvalue weighted by molar-refractivity contribution is 5.93. The topological polar surface area (TPSA) is 164 Å². The first-order valence-electron chi connectivity index (χ1n) is 6.76. The maximum atomic E-state index is 10.9. The van der Waals surface area contributed by atoms with Crippen molar-refractivity contribution in [1.82, 2.24) is 10.3 Å². The number of nitro groups is 1. The molecule has 0 radical (unpaired) electrons. The van der Waals surface area contributed by atoms with Crippen LogP contribution in [0.3, 0.4) is 0 Å². The van der Waals surface area contributed by atoms with Crippen LogP contribution in [0.4, 0.5) is 11.4 Å². The van der Waals surface area contributed by atoms with Gasteiger partial charge in [-0.1, -0.05) is 0 Å². The summed E-state index contributed by atoms with van der Waals surface area (Å²) >= 11 is 0. The first-order chi connectivity index (χ1) is 10.9. The maximum Gasteiger partial charge on any atom is 0.300 e. The SMILES string of the molecule is CC1OC(O)C(Nc2ccc([N+](=O)[O-])c3nonc23)[C@H](O)[C@@H]1O. The van der Waals surface area contributed by atoms with Gasteiger partial charge >= 0.3 is 5.69 Å². The van der Waals surface area contributed by atoms with Crippen molar-refractivity contribution >= 4 is 22.4 Å². The minimum Gasteiger partial charge on any atom is -0.388 e. The number of aromatic nitrogens is 2. The molecule has 23 heavy (non-hydrogen) atoms. The van der Waals surface area contributed by atoms with Gasteiger partial charge in [0.1, 0.15) is 18.2 Å². The molecular formula is C12H14N4O7. The van der Waals surface area contributed by atoms with E-state index in [1.54, 1.807) is 0 Å². The summed E-state index contributed by atoms with van der Waals surface area (Å²) in [5.41, 5.74) is -0.0666. The first-order valence-corrected chi connectivity index (χ1v) is 6.76. The molecule has 11 heteroatoms. The maximum absolute atomic E-state index is 10.9. The van der Waals surface area contributed by atoms with Crippen molar-refractivity contribution in [1.29, 1.82) is 0 Å². The van der Waals surface area contributed by atoms with Crippen LogP contribution in [0.1, 0.15) is 6.92 Å². The first kappa shape index (κ1) is 15.6. The number of ether oxygens (including phenoxy) is 1. The summed E-state index contributed by atoms with van der Waals surface area (Å²) in [6.45, 7) is 1.51. The zero-order valence-electron chi connectivity index (χ0n) is 11.9. The van der Waals surface area contributed by atoms with E-state index in [0.29, 0.717) is 0 Å². The van der Waals surface area contributed by atoms with Gasteiger partial charge in [-0.3, -0.25) is 10.1 Å². The van der Waals surface area contributed by atoms with Gasteiger partial charge in [0.2, 0.25) is 5.52 Å². The van der Waals surface area contributed by atoms with Crippen molar-refractivity contribution in [2.45, 2.75) is 37.6 Å². The number of rotatable bonds is 3. The molecule has 0 saturated carbocycles. The Morgan fingerprint density at radius 3 is 2.61 bits per heavy atom. The van der Waals surface area contributed by atoms with Crippen molar-refractivity contribution in [3.63, 3.8) is 0 Å². The van der Waals surface area contributed by atoms with Crippen LogP contribution in [0.15, 0.2) is 16.8 Å². The fourth-order valence-corrected chi connectivity index (χ4v) is 2.50. The normalized spacial score (nSPS) is 31.2. The number of nitrogens with one attached hydrogen (secondary N) is 1. The van der Waals surface area contributed by atoms with Crippen LogP contribution in [-0.2, 0) is 4.74 Å². The third-order valence-corrected chi connectivity index (χ3v) is 3.77. The molecule has 3 rings (SSSR count). The van der Waals surface area contributed by atoms with Crippen molar-refractivity contribution in [3.8, 4) is 0 Å². The molecule has 3 unspecified atom stereocenters. The Balaban J connectivity index is 1.94. The fourth-order valence-electron chi connectivity index (χ4n) is 2.50. The lowest BCUT2D eigenvalue weighted by atomic mass is 9.97. The van der Waals surface area contributed by atoms with E-state index in [1.165, 1.54) is 19.1 Å². The van der Waals surface area contributed by atoms with Crippen LogP contribution in [0.5, 0.6) is 0 Å². The number of anilines is 1. The monoisotopic (exact) mass is 326 g/mol. The van der Waals surface area contributed by atoms with Gasteiger partial charge in [0, 0.05) is 6.07 Å². The fraction of sp³-hybridized carbons (Fsp3) is 0.500. The lowest BCUT2D eigenvalue weighted by Crippen LogP contribution is -2.59. The highest BCUT2D eigenvalue weighted by Gasteiger charge is 2.42. The van der Waals surface area contributed by atoms with Gasteiger partial charge in [-0.05, 0) is 23.3 Å². The lowest BCUT2D eigenvalue weighted by molar-refractivity contribution is -0.383. The quantitative estimate of drug-likeness (QED) is 0.421. The van der Waals surface area contributed by atoms with Gasteiger partial charge in [0.15, 0.2) is 11.8 Å². The predicted molar refractivity (Wildman–Crippen MR) is 74.4 cm³/mol. The molecule has 0 spiro atoms. The van der Waals surface area contributed by atoms with Crippen LogP contribution < -0.4 is 5.32 Å². The van der Waals surface area contributed by atoms with Gasteiger partial charge in [-0.25, -0.2) is 4.63 Å². The smallest absolute Gasteiger partial charge is 0.300 e. The van der Waals surface area contributed by atoms with Crippen molar-refractivity contribution in [2.75, 3.05) is 5.32 Å². The van der Waals surface area contributed by atoms with E-state index in [-0.39, 0.29) is 22.4 Å². The molecule has 2 aromatic rings. The molecule has 124 valence electrons. The summed E-state index contributed by atoms with van der Waals surface area (Å²) in [4.78, 5) is 10.3. The zero-order valence-corrected chi connectivity index (χ0v) is 11.9. The highest BCUT2D eigenvalue weighted by Crippen LogP contribution is 2.31. The molecule has 1 aliphatic rings. The average molecular weight is 326 g/mol. The van der Waals surface area contributed by atoms with E-state index in [1.807, 2.05) is 0 Å². The molecule has 1 aliphatic heterocycles. The summed E-state index contributed by atoms with van der Waals surface area (Å²) in [6, 6.07) is 1.47. The summed E-state index contributed by atoms with van der Waals surface area (Å²) in [5.74, 6) is 0. The van der Waals surface area contributed by atoms with E-state index in [4.69, 9.17) is 4.74 Å². The van der Waals surface area contributed by atoms with Crippen LogP contribution in [0.2, 0.25) is 0 Å². The van der Waals surface area contributed by atoms with Crippen LogP contribution >= 0.6 is 0 Å². The third kappa shape index (κ3) is 2.59. The van der Waals surface area contributed by atoms with E-state index < -0.39 is 35.6 Å². The number of fused-ring (bicyclic) bond motifs is 1. The molecule has 2 heterocycles. The van der Waals surface area contributed by atoms with Gasteiger partial charge in [-0.2, -0.15) is 0 Å². The van der Waals surface area contributed by atoms with E-state index in [0.717, 1.165) is 0 Å². The molecule has 1 aromatic carbocycles. The number of non-ortho nitro benzene ring substituents is 1. The van der Waals surface area contributed by atoms with E-state index in [9.17, 15) is 25.4 Å². The van der Waals surface area contributed by atoms with Crippen molar-refractivity contribution < 1.29 is 29.6 Å². The van der Waals surface area contributed by atoms with Gasteiger partial charge in [0.05, 0.1) is 16.7 Å². The van der Waals surface area contributed by atoms with Crippen LogP contribution in [0, 0.1) is 10.1 Å². The number of benzene rings is 1. The molecule has 0 amide bonds. The van der Waals surface area contributed by atoms with E-state index in [2.05, 4.69) is 20.3 Å². The minimum absolute atomic E-state index is 0.0618. The second-order valence-corrected chi connectivity index (χ2v) is 5.23. The van der Waals surface area contributed by atoms with E-state index >= 15 is 0 Å². The Hall–Kier alpha value is -2.34. The number of hydrogen-bond acceptors (Lipinski definition) is 10. The van der Waals surface area contributed by atoms with Gasteiger partial charge in [-0.15, -0.1) is 0 Å². The van der Waals surface area contributed by atoms with Crippen LogP contribution in [0.25, 0.3) is 11.0 Å².